The minimum Gasteiger partial charge on any atom is -0.462 e. The number of para-hydroxylation sites is 1. The first kappa shape index (κ1) is 18.4. The molecular formula is C21H18N4O4. The van der Waals surface area contributed by atoms with Gasteiger partial charge in [0.25, 0.3) is 5.91 Å². The van der Waals surface area contributed by atoms with Gasteiger partial charge in [-0.25, -0.2) is 9.78 Å². The smallest absolute Gasteiger partial charge is 0.343 e. The van der Waals surface area contributed by atoms with E-state index in [1.807, 2.05) is 37.3 Å². The maximum Gasteiger partial charge on any atom is 0.343 e. The van der Waals surface area contributed by atoms with Crippen LogP contribution in [0.25, 0.3) is 16.7 Å². The van der Waals surface area contributed by atoms with E-state index in [4.69, 9.17) is 9.15 Å². The Morgan fingerprint density at radius 3 is 2.79 bits per heavy atom. The van der Waals surface area contributed by atoms with Gasteiger partial charge < -0.3 is 14.5 Å². The Bertz CT molecular complexity index is 1190. The van der Waals surface area contributed by atoms with E-state index in [0.717, 1.165) is 16.5 Å². The number of esters is 1. The molecule has 146 valence electrons. The molecule has 0 bridgehead atoms. The number of hydrogen-bond donors (Lipinski definition) is 1. The largest absolute Gasteiger partial charge is 0.462 e. The van der Waals surface area contributed by atoms with E-state index in [1.165, 1.54) is 23.2 Å². The molecule has 1 N–H and O–H groups in total. The fraction of sp³-hybridized carbons (Fsp3) is 0.143. The molecule has 3 heterocycles. The lowest BCUT2D eigenvalue weighted by Gasteiger charge is -2.11. The summed E-state index contributed by atoms with van der Waals surface area (Å²) in [5, 5.41) is 7.98. The van der Waals surface area contributed by atoms with Crippen LogP contribution in [-0.4, -0.2) is 33.2 Å². The number of amides is 1. The van der Waals surface area contributed by atoms with Crippen molar-refractivity contribution in [2.24, 2.45) is 0 Å². The SMILES string of the molecule is CCOC(=O)c1cnn(-c2cc(C)c3ccccc3n2)c1NC(=O)c1ccco1. The van der Waals surface area contributed by atoms with Crippen molar-refractivity contribution < 1.29 is 18.7 Å². The molecule has 0 radical (unpaired) electrons. The summed E-state index contributed by atoms with van der Waals surface area (Å²) in [5.41, 5.74) is 1.89. The Kier molecular flexibility index (Phi) is 4.82. The summed E-state index contributed by atoms with van der Waals surface area (Å²) in [6.45, 7) is 3.87. The summed E-state index contributed by atoms with van der Waals surface area (Å²) in [6.07, 6.45) is 2.74. The summed E-state index contributed by atoms with van der Waals surface area (Å²) in [7, 11) is 0. The first-order chi connectivity index (χ1) is 14.1. The van der Waals surface area contributed by atoms with Gasteiger partial charge >= 0.3 is 5.97 Å². The van der Waals surface area contributed by atoms with E-state index in [0.29, 0.717) is 5.82 Å². The maximum atomic E-state index is 12.6. The Balaban J connectivity index is 1.83. The number of benzene rings is 1. The van der Waals surface area contributed by atoms with Crippen LogP contribution in [0.1, 0.15) is 33.4 Å². The van der Waals surface area contributed by atoms with Crippen LogP contribution in [0.4, 0.5) is 5.82 Å². The van der Waals surface area contributed by atoms with Crippen LogP contribution >= 0.6 is 0 Å². The minimum atomic E-state index is -0.592. The number of aromatic nitrogens is 3. The molecule has 0 aliphatic heterocycles. The first-order valence-electron chi connectivity index (χ1n) is 9.05. The van der Waals surface area contributed by atoms with Crippen LogP contribution in [0.2, 0.25) is 0 Å². The number of pyridine rings is 1. The molecule has 4 rings (SSSR count). The number of rotatable bonds is 5. The number of nitrogens with zero attached hydrogens (tertiary/aromatic N) is 3. The second kappa shape index (κ2) is 7.59. The number of fused-ring (bicyclic) bond motifs is 1. The predicted molar refractivity (Wildman–Crippen MR) is 106 cm³/mol. The van der Waals surface area contributed by atoms with Crippen molar-refractivity contribution in [3.8, 4) is 5.82 Å². The summed E-state index contributed by atoms with van der Waals surface area (Å²) in [5.74, 6) is -0.375. The molecule has 0 spiro atoms. The van der Waals surface area contributed by atoms with Crippen LogP contribution in [-0.2, 0) is 4.74 Å². The highest BCUT2D eigenvalue weighted by molar-refractivity contribution is 6.06. The lowest BCUT2D eigenvalue weighted by Crippen LogP contribution is -2.18. The third-order valence-corrected chi connectivity index (χ3v) is 4.37. The van der Waals surface area contributed by atoms with E-state index in [2.05, 4.69) is 15.4 Å². The minimum absolute atomic E-state index is 0.107. The number of carbonyl (C=O) groups excluding carboxylic acids is 2. The van der Waals surface area contributed by atoms with Crippen LogP contribution in [0.15, 0.2) is 59.3 Å². The molecular weight excluding hydrogens is 372 g/mol. The van der Waals surface area contributed by atoms with Gasteiger partial charge in [0.15, 0.2) is 17.4 Å². The molecule has 0 unspecified atom stereocenters. The Hall–Kier alpha value is -3.94. The van der Waals surface area contributed by atoms with Gasteiger partial charge in [0.1, 0.15) is 5.56 Å². The molecule has 0 aliphatic carbocycles. The van der Waals surface area contributed by atoms with Gasteiger partial charge in [-0.3, -0.25) is 4.79 Å². The molecule has 0 fully saturated rings. The number of aryl methyl sites for hydroxylation is 1. The van der Waals surface area contributed by atoms with Crippen LogP contribution < -0.4 is 5.32 Å². The topological polar surface area (TPSA) is 99.2 Å². The third-order valence-electron chi connectivity index (χ3n) is 4.37. The molecule has 0 atom stereocenters. The van der Waals surface area contributed by atoms with Gasteiger partial charge in [-0.15, -0.1) is 0 Å². The second-order valence-electron chi connectivity index (χ2n) is 6.29. The number of ether oxygens (including phenoxy) is 1. The van der Waals surface area contributed by atoms with Crippen LogP contribution in [0.3, 0.4) is 0 Å². The molecule has 3 aromatic heterocycles. The molecule has 29 heavy (non-hydrogen) atoms. The number of hydrogen-bond acceptors (Lipinski definition) is 6. The molecule has 1 aromatic carbocycles. The maximum absolute atomic E-state index is 12.6. The van der Waals surface area contributed by atoms with Crippen molar-refractivity contribution in [1.82, 2.24) is 14.8 Å². The molecule has 8 heteroatoms. The van der Waals surface area contributed by atoms with Crippen molar-refractivity contribution in [3.05, 3.63) is 71.8 Å². The summed E-state index contributed by atoms with van der Waals surface area (Å²) >= 11 is 0. The fourth-order valence-corrected chi connectivity index (χ4v) is 3.02. The monoisotopic (exact) mass is 390 g/mol. The molecule has 4 aromatic rings. The Morgan fingerprint density at radius 2 is 2.03 bits per heavy atom. The molecule has 8 nitrogen and oxygen atoms in total. The van der Waals surface area contributed by atoms with E-state index in [9.17, 15) is 9.59 Å². The molecule has 0 saturated heterocycles. The van der Waals surface area contributed by atoms with Crippen LogP contribution in [0.5, 0.6) is 0 Å². The lowest BCUT2D eigenvalue weighted by molar-refractivity contribution is 0.0527. The summed E-state index contributed by atoms with van der Waals surface area (Å²) in [4.78, 5) is 29.6. The lowest BCUT2D eigenvalue weighted by atomic mass is 10.1. The van der Waals surface area contributed by atoms with Gasteiger partial charge in [-0.2, -0.15) is 9.78 Å². The van der Waals surface area contributed by atoms with Gasteiger partial charge in [0.2, 0.25) is 0 Å². The number of furan rings is 1. The molecule has 1 amide bonds. The average molecular weight is 390 g/mol. The highest BCUT2D eigenvalue weighted by Crippen LogP contribution is 2.25. The highest BCUT2D eigenvalue weighted by Gasteiger charge is 2.23. The standard InChI is InChI=1S/C21H18N4O4/c1-3-28-21(27)15-12-22-25(19(15)24-20(26)17-9-6-10-29-17)18-11-13(2)14-7-4-5-8-16(14)23-18/h4-12H,3H2,1-2H3,(H,24,26). The number of anilines is 1. The quantitative estimate of drug-likeness (QED) is 0.521. The van der Waals surface area contributed by atoms with Gasteiger partial charge in [-0.05, 0) is 43.7 Å². The van der Waals surface area contributed by atoms with Crippen molar-refractivity contribution in [2.45, 2.75) is 13.8 Å². The van der Waals surface area contributed by atoms with Crippen molar-refractivity contribution in [1.29, 1.82) is 0 Å². The van der Waals surface area contributed by atoms with Gasteiger partial charge in [-0.1, -0.05) is 18.2 Å². The zero-order chi connectivity index (χ0) is 20.4. The normalized spacial score (nSPS) is 10.8. The fourth-order valence-electron chi connectivity index (χ4n) is 3.02. The van der Waals surface area contributed by atoms with Gasteiger partial charge in [0, 0.05) is 5.39 Å². The van der Waals surface area contributed by atoms with Crippen molar-refractivity contribution in [3.63, 3.8) is 0 Å². The number of nitrogens with one attached hydrogen (secondary N) is 1. The zero-order valence-electron chi connectivity index (χ0n) is 15.9. The second-order valence-corrected chi connectivity index (χ2v) is 6.29. The average Bonchev–Trinajstić information content (AvgIpc) is 3.38. The van der Waals surface area contributed by atoms with E-state index in [1.54, 1.807) is 13.0 Å². The Labute approximate surface area is 166 Å². The zero-order valence-corrected chi connectivity index (χ0v) is 15.9. The third kappa shape index (κ3) is 3.47. The van der Waals surface area contributed by atoms with Crippen LogP contribution in [0, 0.1) is 6.92 Å². The first-order valence-corrected chi connectivity index (χ1v) is 9.05. The van der Waals surface area contributed by atoms with Crippen molar-refractivity contribution in [2.75, 3.05) is 11.9 Å². The van der Waals surface area contributed by atoms with E-state index in [-0.39, 0.29) is 23.7 Å². The highest BCUT2D eigenvalue weighted by atomic mass is 16.5. The number of carbonyl (C=O) groups is 2. The Morgan fingerprint density at radius 1 is 1.21 bits per heavy atom. The summed E-state index contributed by atoms with van der Waals surface area (Å²) in [6, 6.07) is 12.7. The molecule has 0 saturated carbocycles. The van der Waals surface area contributed by atoms with Gasteiger partial charge in [0.05, 0.1) is 24.6 Å². The van der Waals surface area contributed by atoms with E-state index >= 15 is 0 Å². The summed E-state index contributed by atoms with van der Waals surface area (Å²) < 4.78 is 11.6. The van der Waals surface area contributed by atoms with Crippen molar-refractivity contribution >= 4 is 28.6 Å². The molecule has 0 aliphatic rings. The van der Waals surface area contributed by atoms with E-state index < -0.39 is 11.9 Å². The predicted octanol–water partition coefficient (Wildman–Crippen LogP) is 3.75.